The first kappa shape index (κ1) is 20.6. The third-order valence-corrected chi connectivity index (χ3v) is 5.40. The van der Waals surface area contributed by atoms with Gasteiger partial charge in [0.05, 0.1) is 4.90 Å². The van der Waals surface area contributed by atoms with Crippen molar-refractivity contribution in [1.82, 2.24) is 10.0 Å². The Morgan fingerprint density at radius 2 is 1.70 bits per heavy atom. The lowest BCUT2D eigenvalue weighted by molar-refractivity contribution is -0.114. The van der Waals surface area contributed by atoms with Gasteiger partial charge >= 0.3 is 0 Å². The SMILES string of the molecule is CC(=O)Nc1cccc(C(=O)NCCNS(=O)(=O)c2ccc(C)c(C)c2)c1. The number of rotatable bonds is 7. The van der Waals surface area contributed by atoms with Crippen LogP contribution in [0, 0.1) is 13.8 Å². The van der Waals surface area contributed by atoms with E-state index in [2.05, 4.69) is 15.4 Å². The van der Waals surface area contributed by atoms with Crippen LogP contribution in [0.2, 0.25) is 0 Å². The van der Waals surface area contributed by atoms with Crippen molar-refractivity contribution >= 4 is 27.5 Å². The maximum Gasteiger partial charge on any atom is 0.251 e. The van der Waals surface area contributed by atoms with Gasteiger partial charge in [-0.15, -0.1) is 0 Å². The smallest absolute Gasteiger partial charge is 0.251 e. The predicted molar refractivity (Wildman–Crippen MR) is 104 cm³/mol. The summed E-state index contributed by atoms with van der Waals surface area (Å²) in [6, 6.07) is 11.4. The molecule has 2 amide bonds. The van der Waals surface area contributed by atoms with E-state index in [4.69, 9.17) is 0 Å². The van der Waals surface area contributed by atoms with E-state index in [0.717, 1.165) is 11.1 Å². The van der Waals surface area contributed by atoms with Crippen LogP contribution in [0.5, 0.6) is 0 Å². The largest absolute Gasteiger partial charge is 0.351 e. The van der Waals surface area contributed by atoms with Crippen LogP contribution in [0.15, 0.2) is 47.4 Å². The average molecular weight is 389 g/mol. The van der Waals surface area contributed by atoms with E-state index in [0.29, 0.717) is 11.3 Å². The van der Waals surface area contributed by atoms with Gasteiger partial charge in [0.15, 0.2) is 0 Å². The number of aryl methyl sites for hydroxylation is 2. The number of anilines is 1. The molecule has 7 nitrogen and oxygen atoms in total. The van der Waals surface area contributed by atoms with Crippen molar-refractivity contribution in [2.45, 2.75) is 25.7 Å². The first-order valence-electron chi connectivity index (χ1n) is 8.42. The van der Waals surface area contributed by atoms with Gasteiger partial charge in [0.2, 0.25) is 15.9 Å². The molecule has 2 aromatic carbocycles. The molecule has 144 valence electrons. The Hall–Kier alpha value is -2.71. The zero-order chi connectivity index (χ0) is 20.0. The van der Waals surface area contributed by atoms with E-state index < -0.39 is 10.0 Å². The van der Waals surface area contributed by atoms with E-state index in [1.165, 1.54) is 6.92 Å². The molecule has 0 aliphatic carbocycles. The lowest BCUT2D eigenvalue weighted by Gasteiger charge is -2.10. The van der Waals surface area contributed by atoms with Gasteiger partial charge in [0, 0.05) is 31.3 Å². The quantitative estimate of drug-likeness (QED) is 0.630. The Labute approximate surface area is 159 Å². The summed E-state index contributed by atoms with van der Waals surface area (Å²) in [6.07, 6.45) is 0. The van der Waals surface area contributed by atoms with Crippen LogP contribution in [-0.4, -0.2) is 33.3 Å². The summed E-state index contributed by atoms with van der Waals surface area (Å²) in [7, 11) is -3.63. The van der Waals surface area contributed by atoms with E-state index in [9.17, 15) is 18.0 Å². The van der Waals surface area contributed by atoms with Crippen molar-refractivity contribution < 1.29 is 18.0 Å². The number of benzene rings is 2. The van der Waals surface area contributed by atoms with E-state index in [-0.39, 0.29) is 29.8 Å². The maximum atomic E-state index is 12.3. The Balaban J connectivity index is 1.89. The molecule has 0 fully saturated rings. The highest BCUT2D eigenvalue weighted by Gasteiger charge is 2.14. The Morgan fingerprint density at radius 3 is 2.37 bits per heavy atom. The van der Waals surface area contributed by atoms with Crippen LogP contribution in [0.4, 0.5) is 5.69 Å². The van der Waals surface area contributed by atoms with Crippen molar-refractivity contribution in [3.8, 4) is 0 Å². The van der Waals surface area contributed by atoms with Crippen molar-refractivity contribution in [2.24, 2.45) is 0 Å². The zero-order valence-corrected chi connectivity index (χ0v) is 16.3. The molecule has 0 aromatic heterocycles. The summed E-state index contributed by atoms with van der Waals surface area (Å²) >= 11 is 0. The summed E-state index contributed by atoms with van der Waals surface area (Å²) in [5.41, 5.74) is 2.80. The minimum Gasteiger partial charge on any atom is -0.351 e. The molecule has 0 atom stereocenters. The lowest BCUT2D eigenvalue weighted by atomic mass is 10.1. The van der Waals surface area contributed by atoms with Gasteiger partial charge < -0.3 is 10.6 Å². The highest BCUT2D eigenvalue weighted by molar-refractivity contribution is 7.89. The van der Waals surface area contributed by atoms with Gasteiger partial charge in [-0.3, -0.25) is 9.59 Å². The van der Waals surface area contributed by atoms with Crippen molar-refractivity contribution in [2.75, 3.05) is 18.4 Å². The van der Waals surface area contributed by atoms with Crippen LogP contribution in [0.25, 0.3) is 0 Å². The standard InChI is InChI=1S/C19H23N3O4S/c1-13-7-8-18(11-14(13)2)27(25,26)21-10-9-20-19(24)16-5-4-6-17(12-16)22-15(3)23/h4-8,11-12,21H,9-10H2,1-3H3,(H,20,24)(H,22,23). The molecule has 3 N–H and O–H groups in total. The third kappa shape index (κ3) is 5.90. The molecular formula is C19H23N3O4S. The summed E-state index contributed by atoms with van der Waals surface area (Å²) < 4.78 is 27.1. The van der Waals surface area contributed by atoms with Crippen molar-refractivity contribution in [3.05, 3.63) is 59.2 Å². The fourth-order valence-electron chi connectivity index (χ4n) is 2.37. The van der Waals surface area contributed by atoms with Crippen molar-refractivity contribution in [3.63, 3.8) is 0 Å². The monoisotopic (exact) mass is 389 g/mol. The minimum atomic E-state index is -3.63. The second-order valence-electron chi connectivity index (χ2n) is 6.16. The highest BCUT2D eigenvalue weighted by Crippen LogP contribution is 2.14. The van der Waals surface area contributed by atoms with Gasteiger partial charge in [-0.1, -0.05) is 12.1 Å². The van der Waals surface area contributed by atoms with E-state index in [1.54, 1.807) is 42.5 Å². The zero-order valence-electron chi connectivity index (χ0n) is 15.5. The maximum absolute atomic E-state index is 12.3. The third-order valence-electron chi connectivity index (χ3n) is 3.94. The van der Waals surface area contributed by atoms with E-state index >= 15 is 0 Å². The lowest BCUT2D eigenvalue weighted by Crippen LogP contribution is -2.34. The highest BCUT2D eigenvalue weighted by atomic mass is 32.2. The minimum absolute atomic E-state index is 0.0619. The topological polar surface area (TPSA) is 104 Å². The number of sulfonamides is 1. The molecular weight excluding hydrogens is 366 g/mol. The van der Waals surface area contributed by atoms with Crippen LogP contribution < -0.4 is 15.4 Å². The van der Waals surface area contributed by atoms with Gasteiger partial charge in [0.25, 0.3) is 5.91 Å². The summed E-state index contributed by atoms with van der Waals surface area (Å²) in [4.78, 5) is 23.4. The Bertz CT molecular complexity index is 955. The normalized spacial score (nSPS) is 11.1. The Kier molecular flexibility index (Phi) is 6.70. The molecule has 0 unspecified atom stereocenters. The summed E-state index contributed by atoms with van der Waals surface area (Å²) in [5.74, 6) is -0.583. The molecule has 27 heavy (non-hydrogen) atoms. The molecule has 2 aromatic rings. The Morgan fingerprint density at radius 1 is 0.963 bits per heavy atom. The number of hydrogen-bond donors (Lipinski definition) is 3. The van der Waals surface area contributed by atoms with Gasteiger partial charge in [-0.25, -0.2) is 13.1 Å². The van der Waals surface area contributed by atoms with Crippen LogP contribution in [0.1, 0.15) is 28.4 Å². The fraction of sp³-hybridized carbons (Fsp3) is 0.263. The molecule has 0 radical (unpaired) electrons. The second kappa shape index (κ2) is 8.79. The van der Waals surface area contributed by atoms with Crippen LogP contribution >= 0.6 is 0 Å². The molecule has 8 heteroatoms. The molecule has 0 aliphatic rings. The molecule has 0 heterocycles. The summed E-state index contributed by atoms with van der Waals surface area (Å²) in [6.45, 7) is 5.34. The first-order valence-corrected chi connectivity index (χ1v) is 9.90. The number of carbonyl (C=O) groups is 2. The van der Waals surface area contributed by atoms with E-state index in [1.807, 2.05) is 13.8 Å². The van der Waals surface area contributed by atoms with Crippen molar-refractivity contribution in [1.29, 1.82) is 0 Å². The molecule has 0 bridgehead atoms. The first-order chi connectivity index (χ1) is 12.7. The second-order valence-corrected chi connectivity index (χ2v) is 7.93. The number of amides is 2. The number of hydrogen-bond acceptors (Lipinski definition) is 4. The average Bonchev–Trinajstić information content (AvgIpc) is 2.60. The predicted octanol–water partition coefficient (Wildman–Crippen LogP) is 1.97. The molecule has 0 aliphatic heterocycles. The van der Waals surface area contributed by atoms with Crippen LogP contribution in [-0.2, 0) is 14.8 Å². The molecule has 2 rings (SSSR count). The number of nitrogens with one attached hydrogen (secondary N) is 3. The van der Waals surface area contributed by atoms with Gasteiger partial charge in [0.1, 0.15) is 0 Å². The molecule has 0 saturated carbocycles. The number of carbonyl (C=O) groups excluding carboxylic acids is 2. The van der Waals surface area contributed by atoms with Gasteiger partial charge in [-0.2, -0.15) is 0 Å². The molecule has 0 spiro atoms. The molecule has 0 saturated heterocycles. The van der Waals surface area contributed by atoms with Crippen LogP contribution in [0.3, 0.4) is 0 Å². The van der Waals surface area contributed by atoms with Gasteiger partial charge in [-0.05, 0) is 55.3 Å². The fourth-order valence-corrected chi connectivity index (χ4v) is 3.49. The summed E-state index contributed by atoms with van der Waals surface area (Å²) in [5, 5.41) is 5.25.